The summed E-state index contributed by atoms with van der Waals surface area (Å²) in [5, 5.41) is 3.08. The molecule has 0 amide bonds. The van der Waals surface area contributed by atoms with Gasteiger partial charge in [0.05, 0.1) is 19.6 Å². The molecule has 0 radical (unpaired) electrons. The Balaban J connectivity index is 2.25. The molecule has 0 fully saturated rings. The maximum Gasteiger partial charge on any atom is 0.151 e. The van der Waals surface area contributed by atoms with Crippen molar-refractivity contribution in [2.24, 2.45) is 4.99 Å². The standard InChI is InChI=1S/C19H30FIN2O2Si/c1-16(25-14-17-8-6-5-7-9-17)23-12-18(20)19(21)13-22-15-24-10-11-26(2,3)4/h5-9,12,16,22H,10-11,13-15H2,1-4H3/b19-18-,23-12-. The van der Waals surface area contributed by atoms with Gasteiger partial charge in [0, 0.05) is 24.8 Å². The molecular formula is C19H30FIN2O2Si. The van der Waals surface area contributed by atoms with E-state index in [0.717, 1.165) is 18.2 Å². The molecule has 1 atom stereocenters. The van der Waals surface area contributed by atoms with Gasteiger partial charge in [-0.1, -0.05) is 50.0 Å². The highest BCUT2D eigenvalue weighted by atomic mass is 127. The third kappa shape index (κ3) is 11.9. The Morgan fingerprint density at radius 1 is 1.31 bits per heavy atom. The van der Waals surface area contributed by atoms with E-state index in [4.69, 9.17) is 9.47 Å². The number of nitrogens with one attached hydrogen (secondary N) is 1. The van der Waals surface area contributed by atoms with Gasteiger partial charge in [-0.25, -0.2) is 4.39 Å². The van der Waals surface area contributed by atoms with E-state index < -0.39 is 14.3 Å². The van der Waals surface area contributed by atoms with Crippen LogP contribution in [0.5, 0.6) is 0 Å². The van der Waals surface area contributed by atoms with E-state index in [1.807, 2.05) is 52.9 Å². The number of benzene rings is 1. The van der Waals surface area contributed by atoms with E-state index in [9.17, 15) is 4.39 Å². The quantitative estimate of drug-likeness (QED) is 0.145. The van der Waals surface area contributed by atoms with E-state index >= 15 is 0 Å². The molecule has 26 heavy (non-hydrogen) atoms. The van der Waals surface area contributed by atoms with Crippen molar-refractivity contribution in [3.05, 3.63) is 45.3 Å². The molecule has 0 heterocycles. The lowest BCUT2D eigenvalue weighted by molar-refractivity contribution is 0.0596. The van der Waals surface area contributed by atoms with Crippen LogP contribution in [0.15, 0.2) is 44.7 Å². The summed E-state index contributed by atoms with van der Waals surface area (Å²) in [6.07, 6.45) is 0.827. The Kier molecular flexibility index (Phi) is 11.5. The third-order valence-electron chi connectivity index (χ3n) is 3.47. The van der Waals surface area contributed by atoms with Crippen LogP contribution in [0.1, 0.15) is 12.5 Å². The summed E-state index contributed by atoms with van der Waals surface area (Å²) in [7, 11) is -1.06. The zero-order chi connectivity index (χ0) is 19.4. The highest BCUT2D eigenvalue weighted by Crippen LogP contribution is 2.12. The largest absolute Gasteiger partial charge is 0.367 e. The van der Waals surface area contributed by atoms with Crippen molar-refractivity contribution in [2.75, 3.05) is 19.9 Å². The summed E-state index contributed by atoms with van der Waals surface area (Å²) >= 11 is 1.98. The maximum atomic E-state index is 14.0. The van der Waals surface area contributed by atoms with E-state index in [1.165, 1.54) is 6.21 Å². The summed E-state index contributed by atoms with van der Waals surface area (Å²) < 4.78 is 25.7. The Bertz CT molecular complexity index is 577. The Morgan fingerprint density at radius 2 is 2.00 bits per heavy atom. The van der Waals surface area contributed by atoms with Crippen molar-refractivity contribution in [2.45, 2.75) is 45.4 Å². The SMILES string of the molecule is CC(/N=C\C(F)=C(\I)CNCOCC[Si](C)(C)C)OCc1ccccc1. The minimum atomic E-state index is -1.06. The predicted octanol–water partition coefficient (Wildman–Crippen LogP) is 5.14. The molecule has 0 aliphatic carbocycles. The summed E-state index contributed by atoms with van der Waals surface area (Å²) in [5.74, 6) is -0.352. The molecule has 146 valence electrons. The second-order valence-corrected chi connectivity index (χ2v) is 14.1. The Hall–Kier alpha value is -0.613. The minimum absolute atomic E-state index is 0.352. The van der Waals surface area contributed by atoms with Crippen molar-refractivity contribution in [1.29, 1.82) is 0 Å². The van der Waals surface area contributed by atoms with Gasteiger partial charge in [0.2, 0.25) is 0 Å². The van der Waals surface area contributed by atoms with E-state index in [-0.39, 0.29) is 5.83 Å². The molecule has 0 aromatic heterocycles. The van der Waals surface area contributed by atoms with Crippen LogP contribution in [0.2, 0.25) is 25.7 Å². The second kappa shape index (κ2) is 12.7. The first-order chi connectivity index (χ1) is 12.3. The van der Waals surface area contributed by atoms with Gasteiger partial charge in [-0.3, -0.25) is 10.3 Å². The fourth-order valence-corrected chi connectivity index (χ4v) is 3.01. The van der Waals surface area contributed by atoms with Crippen LogP contribution in [0, 0.1) is 0 Å². The molecule has 0 bridgehead atoms. The first-order valence-electron chi connectivity index (χ1n) is 8.79. The monoisotopic (exact) mass is 492 g/mol. The molecule has 1 rings (SSSR count). The molecule has 0 spiro atoms. The number of nitrogens with zero attached hydrogens (tertiary/aromatic N) is 1. The molecule has 1 N–H and O–H groups in total. The van der Waals surface area contributed by atoms with Gasteiger partial charge in [0.25, 0.3) is 0 Å². The van der Waals surface area contributed by atoms with Gasteiger partial charge in [0.15, 0.2) is 5.83 Å². The van der Waals surface area contributed by atoms with Crippen molar-refractivity contribution >= 4 is 36.9 Å². The molecule has 0 saturated heterocycles. The number of allylic oxidation sites excluding steroid dienone is 1. The number of aliphatic imine (C=N–C) groups is 1. The lowest BCUT2D eigenvalue weighted by atomic mass is 10.2. The van der Waals surface area contributed by atoms with Crippen LogP contribution in [-0.2, 0) is 16.1 Å². The predicted molar refractivity (Wildman–Crippen MR) is 118 cm³/mol. The van der Waals surface area contributed by atoms with Crippen molar-refractivity contribution in [3.8, 4) is 0 Å². The maximum absolute atomic E-state index is 14.0. The van der Waals surface area contributed by atoms with Crippen LogP contribution in [0.3, 0.4) is 0 Å². The molecule has 4 nitrogen and oxygen atoms in total. The van der Waals surface area contributed by atoms with Gasteiger partial charge in [-0.2, -0.15) is 0 Å². The summed E-state index contributed by atoms with van der Waals surface area (Å²) in [5.41, 5.74) is 1.07. The van der Waals surface area contributed by atoms with Crippen LogP contribution in [0.4, 0.5) is 4.39 Å². The summed E-state index contributed by atoms with van der Waals surface area (Å²) in [6.45, 7) is 10.8. The van der Waals surface area contributed by atoms with Crippen molar-refractivity contribution in [3.63, 3.8) is 0 Å². The molecule has 0 saturated carbocycles. The average molecular weight is 492 g/mol. The van der Waals surface area contributed by atoms with Crippen LogP contribution in [-0.4, -0.2) is 40.4 Å². The molecular weight excluding hydrogens is 462 g/mol. The van der Waals surface area contributed by atoms with Gasteiger partial charge < -0.3 is 9.47 Å². The molecule has 1 aromatic carbocycles. The molecule has 1 unspecified atom stereocenters. The van der Waals surface area contributed by atoms with E-state index in [2.05, 4.69) is 30.0 Å². The smallest absolute Gasteiger partial charge is 0.151 e. The second-order valence-electron chi connectivity index (χ2n) is 7.22. The normalized spacial score (nSPS) is 14.5. The first kappa shape index (κ1) is 23.4. The third-order valence-corrected chi connectivity index (χ3v) is 6.07. The average Bonchev–Trinajstić information content (AvgIpc) is 2.60. The highest BCUT2D eigenvalue weighted by molar-refractivity contribution is 14.1. The number of halogens is 2. The van der Waals surface area contributed by atoms with Gasteiger partial charge in [-0.05, 0) is 41.1 Å². The zero-order valence-electron chi connectivity index (χ0n) is 16.1. The minimum Gasteiger partial charge on any atom is -0.367 e. The topological polar surface area (TPSA) is 42.9 Å². The number of rotatable bonds is 12. The van der Waals surface area contributed by atoms with Gasteiger partial charge in [0.1, 0.15) is 6.23 Å². The van der Waals surface area contributed by atoms with E-state index in [1.54, 1.807) is 6.92 Å². The van der Waals surface area contributed by atoms with Gasteiger partial charge in [-0.15, -0.1) is 0 Å². The zero-order valence-corrected chi connectivity index (χ0v) is 19.3. The van der Waals surface area contributed by atoms with Crippen LogP contribution >= 0.6 is 22.6 Å². The number of ether oxygens (including phenoxy) is 2. The lowest BCUT2D eigenvalue weighted by Crippen LogP contribution is -2.25. The van der Waals surface area contributed by atoms with Gasteiger partial charge >= 0.3 is 0 Å². The fraction of sp³-hybridized carbons (Fsp3) is 0.526. The lowest BCUT2D eigenvalue weighted by Gasteiger charge is -2.15. The fourth-order valence-electron chi connectivity index (χ4n) is 1.84. The molecule has 1 aromatic rings. The molecule has 0 aliphatic rings. The first-order valence-corrected chi connectivity index (χ1v) is 13.6. The summed E-state index contributed by atoms with van der Waals surface area (Å²) in [4.78, 5) is 4.11. The van der Waals surface area contributed by atoms with Crippen molar-refractivity contribution in [1.82, 2.24) is 5.32 Å². The number of hydrogen-bond acceptors (Lipinski definition) is 4. The highest BCUT2D eigenvalue weighted by Gasteiger charge is 2.11. The van der Waals surface area contributed by atoms with Crippen LogP contribution < -0.4 is 5.32 Å². The molecule has 7 heteroatoms. The summed E-state index contributed by atoms with van der Waals surface area (Å²) in [6, 6.07) is 11.0. The Morgan fingerprint density at radius 3 is 2.65 bits per heavy atom. The van der Waals surface area contributed by atoms with Crippen molar-refractivity contribution < 1.29 is 13.9 Å². The van der Waals surface area contributed by atoms with E-state index in [0.29, 0.717) is 23.5 Å². The number of hydrogen-bond donors (Lipinski definition) is 1. The Labute approximate surface area is 171 Å². The molecule has 0 aliphatic heterocycles. The van der Waals surface area contributed by atoms with Crippen LogP contribution in [0.25, 0.3) is 0 Å².